The molecule has 0 radical (unpaired) electrons. The van der Waals surface area contributed by atoms with Crippen LogP contribution in [0.3, 0.4) is 0 Å². The first-order valence-corrected chi connectivity index (χ1v) is 6.38. The number of H-pyrrole nitrogens is 1. The van der Waals surface area contributed by atoms with Crippen molar-refractivity contribution < 1.29 is 0 Å². The van der Waals surface area contributed by atoms with Crippen LogP contribution in [0, 0.1) is 11.8 Å². The highest BCUT2D eigenvalue weighted by atomic mass is 35.5. The van der Waals surface area contributed by atoms with Crippen LogP contribution in [0.4, 0.5) is 0 Å². The molecule has 1 aliphatic rings. The molecule has 0 amide bonds. The lowest BCUT2D eigenvalue weighted by atomic mass is 9.79. The van der Waals surface area contributed by atoms with Crippen molar-refractivity contribution in [2.24, 2.45) is 11.8 Å². The van der Waals surface area contributed by atoms with Crippen molar-refractivity contribution in [1.82, 2.24) is 9.55 Å². The molecular formula is C12H17ClN2O2. The topological polar surface area (TPSA) is 54.9 Å². The van der Waals surface area contributed by atoms with Gasteiger partial charge < -0.3 is 0 Å². The van der Waals surface area contributed by atoms with Gasteiger partial charge in [0.25, 0.3) is 5.56 Å². The van der Waals surface area contributed by atoms with Crippen molar-refractivity contribution in [3.05, 3.63) is 32.1 Å². The van der Waals surface area contributed by atoms with Crippen LogP contribution >= 0.6 is 11.6 Å². The van der Waals surface area contributed by atoms with Gasteiger partial charge in [-0.3, -0.25) is 14.3 Å². The second-order valence-electron chi connectivity index (χ2n) is 5.05. The van der Waals surface area contributed by atoms with Gasteiger partial charge in [-0.2, -0.15) is 0 Å². The molecule has 2 rings (SSSR count). The van der Waals surface area contributed by atoms with Crippen LogP contribution in [0.5, 0.6) is 0 Å². The molecule has 0 aromatic carbocycles. The van der Waals surface area contributed by atoms with Crippen molar-refractivity contribution in [3.8, 4) is 0 Å². The van der Waals surface area contributed by atoms with Gasteiger partial charge in [-0.1, -0.05) is 25.4 Å². The van der Waals surface area contributed by atoms with Crippen molar-refractivity contribution in [3.63, 3.8) is 0 Å². The molecule has 0 aliphatic heterocycles. The van der Waals surface area contributed by atoms with E-state index in [1.54, 1.807) is 0 Å². The SMILES string of the molecule is CC1CCC(n2c(=O)cc(Cl)[nH]c2=O)CC1C. The molecule has 0 spiro atoms. The van der Waals surface area contributed by atoms with Crippen molar-refractivity contribution in [2.75, 3.05) is 0 Å². The Labute approximate surface area is 105 Å². The number of aromatic nitrogens is 2. The van der Waals surface area contributed by atoms with E-state index < -0.39 is 5.69 Å². The second-order valence-corrected chi connectivity index (χ2v) is 5.46. The third kappa shape index (κ3) is 2.46. The first kappa shape index (κ1) is 12.4. The predicted octanol–water partition coefficient (Wildman–Crippen LogP) is 2.19. The maximum absolute atomic E-state index is 11.8. The number of aromatic amines is 1. The second kappa shape index (κ2) is 4.69. The highest BCUT2D eigenvalue weighted by Gasteiger charge is 2.27. The van der Waals surface area contributed by atoms with Gasteiger partial charge in [0.2, 0.25) is 0 Å². The van der Waals surface area contributed by atoms with Gasteiger partial charge in [-0.25, -0.2) is 4.79 Å². The smallest absolute Gasteiger partial charge is 0.298 e. The van der Waals surface area contributed by atoms with E-state index in [0.29, 0.717) is 11.8 Å². The van der Waals surface area contributed by atoms with Crippen molar-refractivity contribution in [1.29, 1.82) is 0 Å². The largest absolute Gasteiger partial charge is 0.329 e. The van der Waals surface area contributed by atoms with Crippen LogP contribution in [-0.2, 0) is 0 Å². The number of nitrogens with one attached hydrogen (secondary N) is 1. The zero-order valence-corrected chi connectivity index (χ0v) is 10.8. The van der Waals surface area contributed by atoms with E-state index in [2.05, 4.69) is 18.8 Å². The first-order valence-electron chi connectivity index (χ1n) is 6.00. The summed E-state index contributed by atoms with van der Waals surface area (Å²) in [4.78, 5) is 26.1. The lowest BCUT2D eigenvalue weighted by Gasteiger charge is -2.32. The van der Waals surface area contributed by atoms with Gasteiger partial charge in [0, 0.05) is 12.1 Å². The van der Waals surface area contributed by atoms with E-state index in [4.69, 9.17) is 11.6 Å². The minimum absolute atomic E-state index is 0.00900. The van der Waals surface area contributed by atoms with E-state index in [1.165, 1.54) is 10.6 Å². The lowest BCUT2D eigenvalue weighted by molar-refractivity contribution is 0.204. The van der Waals surface area contributed by atoms with E-state index in [9.17, 15) is 9.59 Å². The summed E-state index contributed by atoms with van der Waals surface area (Å²) in [5.74, 6) is 1.20. The average molecular weight is 257 g/mol. The number of rotatable bonds is 1. The summed E-state index contributed by atoms with van der Waals surface area (Å²) in [6.07, 6.45) is 2.82. The van der Waals surface area contributed by atoms with Gasteiger partial charge in [0.05, 0.1) is 0 Å². The van der Waals surface area contributed by atoms with Crippen LogP contribution in [0.25, 0.3) is 0 Å². The monoisotopic (exact) mass is 256 g/mol. The van der Waals surface area contributed by atoms with Crippen LogP contribution in [0.2, 0.25) is 5.15 Å². The maximum atomic E-state index is 11.8. The zero-order chi connectivity index (χ0) is 12.6. The van der Waals surface area contributed by atoms with E-state index in [-0.39, 0.29) is 16.8 Å². The van der Waals surface area contributed by atoms with Crippen LogP contribution in [-0.4, -0.2) is 9.55 Å². The molecule has 5 heteroatoms. The number of hydrogen-bond acceptors (Lipinski definition) is 2. The summed E-state index contributed by atoms with van der Waals surface area (Å²) in [5, 5.41) is 0.105. The lowest BCUT2D eigenvalue weighted by Crippen LogP contribution is -2.40. The number of halogens is 1. The molecule has 0 bridgehead atoms. The molecule has 1 aliphatic carbocycles. The molecule has 0 saturated heterocycles. The molecule has 4 nitrogen and oxygen atoms in total. The normalized spacial score (nSPS) is 29.2. The van der Waals surface area contributed by atoms with Gasteiger partial charge >= 0.3 is 5.69 Å². The highest BCUT2D eigenvalue weighted by Crippen LogP contribution is 2.34. The maximum Gasteiger partial charge on any atom is 0.329 e. The van der Waals surface area contributed by atoms with E-state index in [0.717, 1.165) is 19.3 Å². The fourth-order valence-electron chi connectivity index (χ4n) is 2.58. The molecule has 1 aromatic heterocycles. The van der Waals surface area contributed by atoms with Crippen LogP contribution in [0.1, 0.15) is 39.2 Å². The molecule has 3 atom stereocenters. The van der Waals surface area contributed by atoms with Crippen molar-refractivity contribution >= 4 is 11.6 Å². The molecule has 17 heavy (non-hydrogen) atoms. The van der Waals surface area contributed by atoms with Crippen LogP contribution < -0.4 is 11.2 Å². The zero-order valence-electron chi connectivity index (χ0n) is 10.1. The molecule has 3 unspecified atom stereocenters. The third-order valence-corrected chi connectivity index (χ3v) is 4.07. The van der Waals surface area contributed by atoms with Gasteiger partial charge in [0.1, 0.15) is 5.15 Å². The molecule has 1 aromatic rings. The molecule has 1 saturated carbocycles. The summed E-state index contributed by atoms with van der Waals surface area (Å²) < 4.78 is 1.31. The minimum atomic E-state index is -0.394. The fourth-order valence-corrected chi connectivity index (χ4v) is 2.75. The minimum Gasteiger partial charge on any atom is -0.298 e. The first-order chi connectivity index (χ1) is 7.99. The Morgan fingerprint density at radius 2 is 2.00 bits per heavy atom. The Hall–Kier alpha value is -1.03. The predicted molar refractivity (Wildman–Crippen MR) is 67.5 cm³/mol. The molecular weight excluding hydrogens is 240 g/mol. The standard InChI is InChI=1S/C12H17ClN2O2/c1-7-3-4-9(5-8(7)2)15-11(16)6-10(13)14-12(15)17/h6-9H,3-5H2,1-2H3,(H,14,17). The summed E-state index contributed by atoms with van der Waals surface area (Å²) in [7, 11) is 0. The summed E-state index contributed by atoms with van der Waals surface area (Å²) >= 11 is 5.64. The average Bonchev–Trinajstić information content (AvgIpc) is 2.21. The molecule has 1 fully saturated rings. The summed E-state index contributed by atoms with van der Waals surface area (Å²) in [5.41, 5.74) is -0.695. The highest BCUT2D eigenvalue weighted by molar-refractivity contribution is 6.29. The van der Waals surface area contributed by atoms with Gasteiger partial charge in [0.15, 0.2) is 0 Å². The van der Waals surface area contributed by atoms with Gasteiger partial charge in [-0.15, -0.1) is 0 Å². The van der Waals surface area contributed by atoms with Crippen LogP contribution in [0.15, 0.2) is 15.7 Å². The van der Waals surface area contributed by atoms with Crippen molar-refractivity contribution in [2.45, 2.75) is 39.2 Å². The molecule has 1 N–H and O–H groups in total. The molecule has 1 heterocycles. The Kier molecular flexibility index (Phi) is 3.43. The summed E-state index contributed by atoms with van der Waals surface area (Å²) in [6.45, 7) is 4.39. The quantitative estimate of drug-likeness (QED) is 0.783. The van der Waals surface area contributed by atoms with E-state index in [1.807, 2.05) is 0 Å². The van der Waals surface area contributed by atoms with Gasteiger partial charge in [-0.05, 0) is 31.1 Å². The third-order valence-electron chi connectivity index (χ3n) is 3.87. The number of nitrogens with zero attached hydrogens (tertiary/aromatic N) is 1. The van der Waals surface area contributed by atoms with E-state index >= 15 is 0 Å². The number of hydrogen-bond donors (Lipinski definition) is 1. The fraction of sp³-hybridized carbons (Fsp3) is 0.667. The Morgan fingerprint density at radius 1 is 1.29 bits per heavy atom. The summed E-state index contributed by atoms with van der Waals surface area (Å²) in [6, 6.07) is 1.28. The Balaban J connectivity index is 2.36. The molecule has 94 valence electrons. The Bertz CT molecular complexity index is 489. The Morgan fingerprint density at radius 3 is 2.59 bits per heavy atom.